The minimum absolute atomic E-state index is 0.0179. The molecule has 1 amide bonds. The van der Waals surface area contributed by atoms with Crippen LogP contribution in [0.5, 0.6) is 0 Å². The van der Waals surface area contributed by atoms with E-state index in [1.807, 2.05) is 32.6 Å². The van der Waals surface area contributed by atoms with E-state index in [9.17, 15) is 9.59 Å². The first-order valence-corrected chi connectivity index (χ1v) is 7.86. The molecule has 132 valence electrons. The lowest BCUT2D eigenvalue weighted by molar-refractivity contribution is 0.0158. The molecule has 1 atom stereocenters. The topological polar surface area (TPSA) is 84.9 Å². The zero-order chi connectivity index (χ0) is 17.9. The second kappa shape index (κ2) is 7.02. The van der Waals surface area contributed by atoms with Crippen LogP contribution in [0.1, 0.15) is 38.2 Å². The van der Waals surface area contributed by atoms with Gasteiger partial charge in [-0.1, -0.05) is 0 Å². The van der Waals surface area contributed by atoms with Gasteiger partial charge in [-0.15, -0.1) is 0 Å². The average molecular weight is 336 g/mol. The summed E-state index contributed by atoms with van der Waals surface area (Å²) in [5.41, 5.74) is -0.343. The smallest absolute Gasteiger partial charge is 0.410 e. The van der Waals surface area contributed by atoms with Crippen molar-refractivity contribution in [2.24, 2.45) is 0 Å². The monoisotopic (exact) mass is 336 g/mol. The van der Waals surface area contributed by atoms with E-state index >= 15 is 0 Å². The molecule has 0 spiro atoms. The Labute approximate surface area is 141 Å². The van der Waals surface area contributed by atoms with Crippen LogP contribution in [0.2, 0.25) is 0 Å². The predicted molar refractivity (Wildman–Crippen MR) is 88.0 cm³/mol. The van der Waals surface area contributed by atoms with Crippen molar-refractivity contribution in [1.29, 1.82) is 0 Å². The first-order chi connectivity index (χ1) is 11.2. The van der Waals surface area contributed by atoms with Crippen LogP contribution in [-0.4, -0.2) is 65.3 Å². The summed E-state index contributed by atoms with van der Waals surface area (Å²) in [7, 11) is 1.30. The van der Waals surface area contributed by atoms with Crippen LogP contribution >= 0.6 is 0 Å². The second-order valence-corrected chi connectivity index (χ2v) is 6.72. The van der Waals surface area contributed by atoms with Gasteiger partial charge in [0.2, 0.25) is 0 Å². The van der Waals surface area contributed by atoms with E-state index in [2.05, 4.69) is 14.7 Å². The maximum absolute atomic E-state index is 12.2. The standard InChI is InChI=1S/C16H24N4O4/c1-11-10-19(6-7-20(11)15(22)24-16(2,3)4)13-9-17-12(8-18-13)14(21)23-5/h8-9,11H,6-7,10H2,1-5H3/t11-/m1/s1. The largest absolute Gasteiger partial charge is 0.464 e. The van der Waals surface area contributed by atoms with Crippen molar-refractivity contribution < 1.29 is 19.1 Å². The minimum atomic E-state index is -0.517. The van der Waals surface area contributed by atoms with Gasteiger partial charge >= 0.3 is 12.1 Å². The molecule has 0 unspecified atom stereocenters. The summed E-state index contributed by atoms with van der Waals surface area (Å²) in [5, 5.41) is 0. The zero-order valence-corrected chi connectivity index (χ0v) is 14.8. The van der Waals surface area contributed by atoms with Gasteiger partial charge in [0.25, 0.3) is 0 Å². The van der Waals surface area contributed by atoms with Crippen molar-refractivity contribution in [3.05, 3.63) is 18.1 Å². The lowest BCUT2D eigenvalue weighted by Crippen LogP contribution is -2.55. The third-order valence-corrected chi connectivity index (χ3v) is 3.61. The van der Waals surface area contributed by atoms with E-state index in [1.54, 1.807) is 11.1 Å². The number of rotatable bonds is 2. The van der Waals surface area contributed by atoms with Crippen LogP contribution in [0.4, 0.5) is 10.6 Å². The highest BCUT2D eigenvalue weighted by atomic mass is 16.6. The summed E-state index contributed by atoms with van der Waals surface area (Å²) in [6.45, 7) is 9.29. The molecule has 0 aliphatic carbocycles. The van der Waals surface area contributed by atoms with Crippen LogP contribution in [-0.2, 0) is 9.47 Å². The summed E-state index contributed by atoms with van der Waals surface area (Å²) in [6, 6.07) is -0.0179. The van der Waals surface area contributed by atoms with Crippen LogP contribution in [0.3, 0.4) is 0 Å². The molecule has 8 heteroatoms. The van der Waals surface area contributed by atoms with Crippen molar-refractivity contribution in [2.75, 3.05) is 31.6 Å². The molecule has 1 aliphatic rings. The van der Waals surface area contributed by atoms with Gasteiger partial charge in [-0.05, 0) is 27.7 Å². The lowest BCUT2D eigenvalue weighted by Gasteiger charge is -2.40. The van der Waals surface area contributed by atoms with E-state index in [1.165, 1.54) is 13.3 Å². The summed E-state index contributed by atoms with van der Waals surface area (Å²) < 4.78 is 10.0. The van der Waals surface area contributed by atoms with E-state index in [-0.39, 0.29) is 17.8 Å². The molecule has 0 N–H and O–H groups in total. The molecule has 1 aromatic rings. The minimum Gasteiger partial charge on any atom is -0.464 e. The number of ether oxygens (including phenoxy) is 2. The fraction of sp³-hybridized carbons (Fsp3) is 0.625. The Bertz CT molecular complexity index is 597. The number of carbonyl (C=O) groups is 2. The number of amides is 1. The van der Waals surface area contributed by atoms with Crippen molar-refractivity contribution in [3.8, 4) is 0 Å². The number of methoxy groups -OCH3 is 1. The molecule has 1 saturated heterocycles. The molecule has 0 radical (unpaired) electrons. The number of hydrogen-bond acceptors (Lipinski definition) is 7. The normalized spacial score (nSPS) is 18.3. The summed E-state index contributed by atoms with van der Waals surface area (Å²) in [6.07, 6.45) is 2.63. The van der Waals surface area contributed by atoms with Crippen molar-refractivity contribution >= 4 is 17.9 Å². The maximum Gasteiger partial charge on any atom is 0.410 e. The zero-order valence-electron chi connectivity index (χ0n) is 14.8. The van der Waals surface area contributed by atoms with Crippen molar-refractivity contribution in [3.63, 3.8) is 0 Å². The predicted octanol–water partition coefficient (Wildman–Crippen LogP) is 1.71. The Morgan fingerprint density at radius 1 is 1.21 bits per heavy atom. The average Bonchev–Trinajstić information content (AvgIpc) is 2.52. The number of esters is 1. The molecular formula is C16H24N4O4. The van der Waals surface area contributed by atoms with Crippen LogP contribution in [0, 0.1) is 0 Å². The Morgan fingerprint density at radius 3 is 2.42 bits per heavy atom. The fourth-order valence-electron chi connectivity index (χ4n) is 2.45. The van der Waals surface area contributed by atoms with Crippen molar-refractivity contribution in [1.82, 2.24) is 14.9 Å². The molecule has 1 aliphatic heterocycles. The SMILES string of the molecule is COC(=O)c1cnc(N2CCN(C(=O)OC(C)(C)C)[C@H](C)C2)cn1. The molecule has 0 saturated carbocycles. The number of carbonyl (C=O) groups excluding carboxylic acids is 2. The first-order valence-electron chi connectivity index (χ1n) is 7.86. The van der Waals surface area contributed by atoms with Gasteiger partial charge in [0.15, 0.2) is 5.69 Å². The highest BCUT2D eigenvalue weighted by Gasteiger charge is 2.31. The number of anilines is 1. The van der Waals surface area contributed by atoms with Gasteiger partial charge in [0.1, 0.15) is 11.4 Å². The Morgan fingerprint density at radius 2 is 1.92 bits per heavy atom. The van der Waals surface area contributed by atoms with Crippen molar-refractivity contribution in [2.45, 2.75) is 39.3 Å². The van der Waals surface area contributed by atoms with Gasteiger partial charge in [-0.3, -0.25) is 0 Å². The highest BCUT2D eigenvalue weighted by Crippen LogP contribution is 2.19. The molecular weight excluding hydrogens is 312 g/mol. The van der Waals surface area contributed by atoms with Gasteiger partial charge in [0, 0.05) is 25.7 Å². The van der Waals surface area contributed by atoms with Gasteiger partial charge in [0.05, 0.1) is 19.5 Å². The van der Waals surface area contributed by atoms with E-state index in [0.29, 0.717) is 25.5 Å². The Kier molecular flexibility index (Phi) is 5.26. The molecule has 0 aromatic carbocycles. The molecule has 8 nitrogen and oxygen atoms in total. The summed E-state index contributed by atoms with van der Waals surface area (Å²) in [4.78, 5) is 35.7. The fourth-order valence-corrected chi connectivity index (χ4v) is 2.45. The van der Waals surface area contributed by atoms with Crippen LogP contribution < -0.4 is 4.90 Å². The van der Waals surface area contributed by atoms with Gasteiger partial charge < -0.3 is 19.3 Å². The molecule has 1 fully saturated rings. The molecule has 2 rings (SSSR count). The molecule has 0 bridgehead atoms. The maximum atomic E-state index is 12.2. The molecule has 24 heavy (non-hydrogen) atoms. The number of hydrogen-bond donors (Lipinski definition) is 0. The van der Waals surface area contributed by atoms with Crippen LogP contribution in [0.25, 0.3) is 0 Å². The quantitative estimate of drug-likeness (QED) is 0.760. The lowest BCUT2D eigenvalue weighted by atomic mass is 10.2. The van der Waals surface area contributed by atoms with E-state index in [0.717, 1.165) is 0 Å². The second-order valence-electron chi connectivity index (χ2n) is 6.72. The Balaban J connectivity index is 2.00. The first kappa shape index (κ1) is 18.0. The van der Waals surface area contributed by atoms with Gasteiger partial charge in [-0.2, -0.15) is 0 Å². The van der Waals surface area contributed by atoms with Crippen LogP contribution in [0.15, 0.2) is 12.4 Å². The Hall–Kier alpha value is -2.38. The van der Waals surface area contributed by atoms with E-state index in [4.69, 9.17) is 4.74 Å². The van der Waals surface area contributed by atoms with E-state index < -0.39 is 11.6 Å². The highest BCUT2D eigenvalue weighted by molar-refractivity contribution is 5.86. The molecule has 1 aromatic heterocycles. The number of nitrogens with zero attached hydrogens (tertiary/aromatic N) is 4. The number of piperazine rings is 1. The number of aromatic nitrogens is 2. The van der Waals surface area contributed by atoms with Gasteiger partial charge in [-0.25, -0.2) is 19.6 Å². The molecule has 2 heterocycles. The third-order valence-electron chi connectivity index (χ3n) is 3.61. The summed E-state index contributed by atoms with van der Waals surface area (Å²) in [5.74, 6) is 0.149. The summed E-state index contributed by atoms with van der Waals surface area (Å²) >= 11 is 0. The third kappa shape index (κ3) is 4.33.